The van der Waals surface area contributed by atoms with Crippen molar-refractivity contribution in [3.63, 3.8) is 0 Å². The molecule has 1 saturated heterocycles. The van der Waals surface area contributed by atoms with Gasteiger partial charge in [0.25, 0.3) is 0 Å². The van der Waals surface area contributed by atoms with Crippen molar-refractivity contribution in [3.05, 3.63) is 35.4 Å². The van der Waals surface area contributed by atoms with Crippen molar-refractivity contribution in [2.24, 2.45) is 5.10 Å². The molecule has 1 fully saturated rings. The van der Waals surface area contributed by atoms with Crippen LogP contribution in [0.1, 0.15) is 24.0 Å². The molecule has 130 valence electrons. The molecule has 0 aromatic heterocycles. The molecular weight excluding hydrogens is 320 g/mol. The number of thiocarbonyl (C=S) groups is 1. The maximum absolute atomic E-state index is 5.35. The van der Waals surface area contributed by atoms with E-state index in [9.17, 15) is 0 Å². The fourth-order valence-corrected chi connectivity index (χ4v) is 3.30. The number of nitrogens with one attached hydrogen (secondary N) is 2. The summed E-state index contributed by atoms with van der Waals surface area (Å²) in [5.41, 5.74) is 7.00. The summed E-state index contributed by atoms with van der Waals surface area (Å²) in [6.45, 7) is 5.75. The van der Waals surface area contributed by atoms with Gasteiger partial charge in [-0.3, -0.25) is 10.3 Å². The van der Waals surface area contributed by atoms with Crippen molar-refractivity contribution in [1.29, 1.82) is 0 Å². The van der Waals surface area contributed by atoms with E-state index in [-0.39, 0.29) is 0 Å². The van der Waals surface area contributed by atoms with Crippen LogP contribution in [-0.2, 0) is 17.6 Å². The number of ether oxygens (including phenoxy) is 1. The maximum atomic E-state index is 5.35. The number of benzene rings is 1. The molecule has 0 saturated carbocycles. The van der Waals surface area contributed by atoms with E-state index < -0.39 is 0 Å². The van der Waals surface area contributed by atoms with Gasteiger partial charge in [0.2, 0.25) is 0 Å². The molecule has 6 heteroatoms. The first kappa shape index (κ1) is 17.3. The van der Waals surface area contributed by atoms with E-state index in [4.69, 9.17) is 17.0 Å². The van der Waals surface area contributed by atoms with E-state index >= 15 is 0 Å². The number of hydrogen-bond acceptors (Lipinski definition) is 4. The number of hydrogen-bond donors (Lipinski definition) is 2. The number of fused-ring (bicyclic) bond motifs is 1. The highest BCUT2D eigenvalue weighted by atomic mass is 32.1. The fourth-order valence-electron chi connectivity index (χ4n) is 3.16. The van der Waals surface area contributed by atoms with Crippen LogP contribution in [-0.4, -0.2) is 55.1 Å². The zero-order chi connectivity index (χ0) is 16.6. The van der Waals surface area contributed by atoms with Crippen LogP contribution in [0.4, 0.5) is 0 Å². The second kappa shape index (κ2) is 9.11. The van der Waals surface area contributed by atoms with Crippen LogP contribution in [0.5, 0.6) is 0 Å². The molecule has 1 aliphatic heterocycles. The minimum absolute atomic E-state index is 0.614. The monoisotopic (exact) mass is 346 g/mol. The van der Waals surface area contributed by atoms with Crippen molar-refractivity contribution in [2.45, 2.75) is 25.7 Å². The second-order valence-corrected chi connectivity index (χ2v) is 6.71. The van der Waals surface area contributed by atoms with Gasteiger partial charge in [-0.15, -0.1) is 0 Å². The summed E-state index contributed by atoms with van der Waals surface area (Å²) in [6.07, 6.45) is 4.06. The van der Waals surface area contributed by atoms with Crippen LogP contribution in [0.25, 0.3) is 0 Å². The Morgan fingerprint density at radius 1 is 1.17 bits per heavy atom. The largest absolute Gasteiger partial charge is 0.379 e. The quantitative estimate of drug-likeness (QED) is 0.483. The predicted molar refractivity (Wildman–Crippen MR) is 102 cm³/mol. The van der Waals surface area contributed by atoms with Gasteiger partial charge in [-0.2, -0.15) is 5.10 Å². The summed E-state index contributed by atoms with van der Waals surface area (Å²) in [6, 6.07) is 8.59. The van der Waals surface area contributed by atoms with Gasteiger partial charge in [-0.1, -0.05) is 24.3 Å². The molecule has 1 aromatic carbocycles. The molecule has 0 bridgehead atoms. The highest BCUT2D eigenvalue weighted by Gasteiger charge is 2.13. The Hall–Kier alpha value is -1.50. The molecule has 24 heavy (non-hydrogen) atoms. The molecule has 0 spiro atoms. The first-order valence-electron chi connectivity index (χ1n) is 8.77. The average Bonchev–Trinajstić information content (AvgIpc) is 2.64. The van der Waals surface area contributed by atoms with Gasteiger partial charge in [0.1, 0.15) is 0 Å². The molecule has 0 atom stereocenters. The van der Waals surface area contributed by atoms with Gasteiger partial charge in [0, 0.05) is 31.8 Å². The molecule has 2 N–H and O–H groups in total. The summed E-state index contributed by atoms with van der Waals surface area (Å²) < 4.78 is 5.35. The first-order chi connectivity index (χ1) is 11.8. The minimum atomic E-state index is 0.614. The van der Waals surface area contributed by atoms with Crippen molar-refractivity contribution >= 4 is 23.0 Å². The maximum Gasteiger partial charge on any atom is 0.186 e. The van der Waals surface area contributed by atoms with E-state index in [0.29, 0.717) is 5.11 Å². The van der Waals surface area contributed by atoms with Gasteiger partial charge in [0.05, 0.1) is 13.2 Å². The lowest BCUT2D eigenvalue weighted by Crippen LogP contribution is -2.39. The standard InChI is InChI=1S/C18H26N4OS/c24-18(19-8-3-9-22-10-12-23-13-11-22)21-20-17-7-6-15-4-1-2-5-16(15)14-17/h1-2,4-5H,3,6-14H2,(H2,19,21,24)/b20-17+. The molecule has 2 aliphatic rings. The Morgan fingerprint density at radius 2 is 1.96 bits per heavy atom. The van der Waals surface area contributed by atoms with E-state index in [1.165, 1.54) is 16.8 Å². The average molecular weight is 347 g/mol. The zero-order valence-corrected chi connectivity index (χ0v) is 14.9. The number of rotatable bonds is 5. The third-order valence-corrected chi connectivity index (χ3v) is 4.79. The Labute approximate surface area is 149 Å². The predicted octanol–water partition coefficient (Wildman–Crippen LogP) is 1.72. The van der Waals surface area contributed by atoms with Gasteiger partial charge in [0.15, 0.2) is 5.11 Å². The molecule has 3 rings (SSSR count). The van der Waals surface area contributed by atoms with Crippen molar-refractivity contribution in [3.8, 4) is 0 Å². The van der Waals surface area contributed by atoms with Crippen LogP contribution in [0.2, 0.25) is 0 Å². The third kappa shape index (κ3) is 5.26. The zero-order valence-electron chi connectivity index (χ0n) is 14.1. The Morgan fingerprint density at radius 3 is 2.79 bits per heavy atom. The van der Waals surface area contributed by atoms with Crippen molar-refractivity contribution in [1.82, 2.24) is 15.6 Å². The summed E-state index contributed by atoms with van der Waals surface area (Å²) in [4.78, 5) is 2.43. The molecule has 0 unspecified atom stereocenters. The molecule has 5 nitrogen and oxygen atoms in total. The van der Waals surface area contributed by atoms with Gasteiger partial charge >= 0.3 is 0 Å². The first-order valence-corrected chi connectivity index (χ1v) is 9.18. The molecule has 1 aromatic rings. The van der Waals surface area contributed by atoms with E-state index in [0.717, 1.165) is 65.1 Å². The number of nitrogens with zero attached hydrogens (tertiary/aromatic N) is 2. The summed E-state index contributed by atoms with van der Waals surface area (Å²) in [5.74, 6) is 0. The SMILES string of the molecule is S=C(NCCCN1CCOCC1)N/N=C1\CCc2ccccc2C1. The van der Waals surface area contributed by atoms with Gasteiger partial charge in [-0.25, -0.2) is 0 Å². The molecule has 0 amide bonds. The second-order valence-electron chi connectivity index (χ2n) is 6.30. The van der Waals surface area contributed by atoms with Crippen LogP contribution in [0.3, 0.4) is 0 Å². The van der Waals surface area contributed by atoms with E-state index in [1.54, 1.807) is 0 Å². The van der Waals surface area contributed by atoms with Crippen molar-refractivity contribution < 1.29 is 4.74 Å². The number of hydrazone groups is 1. The van der Waals surface area contributed by atoms with Crippen LogP contribution >= 0.6 is 12.2 Å². The molecule has 0 radical (unpaired) electrons. The Kier molecular flexibility index (Phi) is 6.57. The van der Waals surface area contributed by atoms with E-state index in [1.807, 2.05) is 0 Å². The topological polar surface area (TPSA) is 48.9 Å². The molecule has 1 aliphatic carbocycles. The lowest BCUT2D eigenvalue weighted by Gasteiger charge is -2.26. The Balaban J connectivity index is 1.33. The number of morpholine rings is 1. The molecule has 1 heterocycles. The minimum Gasteiger partial charge on any atom is -0.379 e. The third-order valence-electron chi connectivity index (χ3n) is 4.55. The highest BCUT2D eigenvalue weighted by molar-refractivity contribution is 7.80. The normalized spacial score (nSPS) is 19.8. The van der Waals surface area contributed by atoms with Crippen molar-refractivity contribution in [2.75, 3.05) is 39.4 Å². The summed E-state index contributed by atoms with van der Waals surface area (Å²) >= 11 is 5.31. The smallest absolute Gasteiger partial charge is 0.186 e. The Bertz CT molecular complexity index is 584. The van der Waals surface area contributed by atoms with Gasteiger partial charge < -0.3 is 10.1 Å². The van der Waals surface area contributed by atoms with Crippen LogP contribution in [0, 0.1) is 0 Å². The molecular formula is C18H26N4OS. The van der Waals surface area contributed by atoms with E-state index in [2.05, 4.69) is 45.0 Å². The summed E-state index contributed by atoms with van der Waals surface area (Å²) in [7, 11) is 0. The summed E-state index contributed by atoms with van der Waals surface area (Å²) in [5, 5.41) is 8.34. The highest BCUT2D eigenvalue weighted by Crippen LogP contribution is 2.18. The fraction of sp³-hybridized carbons (Fsp3) is 0.556. The lowest BCUT2D eigenvalue weighted by atomic mass is 9.90. The van der Waals surface area contributed by atoms with Crippen LogP contribution < -0.4 is 10.7 Å². The van der Waals surface area contributed by atoms with Crippen LogP contribution in [0.15, 0.2) is 29.4 Å². The lowest BCUT2D eigenvalue weighted by molar-refractivity contribution is 0.0376. The number of aryl methyl sites for hydroxylation is 1. The van der Waals surface area contributed by atoms with Gasteiger partial charge in [-0.05, 0) is 49.2 Å².